The minimum atomic E-state index is -0.125. The van der Waals surface area contributed by atoms with Gasteiger partial charge in [0, 0.05) is 6.04 Å². The molecule has 21 heavy (non-hydrogen) atoms. The molecule has 0 saturated heterocycles. The number of halogens is 1. The SMILES string of the molecule is CCCCCCCCCC(NC)c1c(C)cc(F)cc1C. The molecule has 1 rings (SSSR count). The van der Waals surface area contributed by atoms with Crippen molar-refractivity contribution >= 4 is 0 Å². The highest BCUT2D eigenvalue weighted by molar-refractivity contribution is 5.36. The van der Waals surface area contributed by atoms with Crippen molar-refractivity contribution in [1.82, 2.24) is 5.32 Å². The second kappa shape index (κ2) is 9.94. The molecule has 0 aliphatic carbocycles. The molecule has 1 atom stereocenters. The predicted molar refractivity (Wildman–Crippen MR) is 90.3 cm³/mol. The van der Waals surface area contributed by atoms with Crippen LogP contribution in [0.25, 0.3) is 0 Å². The standard InChI is InChI=1S/C19H32FN/c1-5-6-7-8-9-10-11-12-18(21-4)19-15(2)13-17(20)14-16(19)3/h13-14,18,21H,5-12H2,1-4H3. The molecule has 120 valence electrons. The quantitative estimate of drug-likeness (QED) is 0.534. The van der Waals surface area contributed by atoms with Gasteiger partial charge in [-0.3, -0.25) is 0 Å². The van der Waals surface area contributed by atoms with Crippen LogP contribution in [0.3, 0.4) is 0 Å². The van der Waals surface area contributed by atoms with Gasteiger partial charge in [-0.05, 0) is 56.1 Å². The molecular weight excluding hydrogens is 261 g/mol. The summed E-state index contributed by atoms with van der Waals surface area (Å²) in [6.07, 6.45) is 10.5. The summed E-state index contributed by atoms with van der Waals surface area (Å²) in [5.41, 5.74) is 3.41. The zero-order chi connectivity index (χ0) is 15.7. The molecule has 1 aromatic carbocycles. The average molecular weight is 293 g/mol. The Morgan fingerprint density at radius 2 is 1.48 bits per heavy atom. The highest BCUT2D eigenvalue weighted by atomic mass is 19.1. The van der Waals surface area contributed by atoms with E-state index in [9.17, 15) is 4.39 Å². The van der Waals surface area contributed by atoms with Gasteiger partial charge in [-0.25, -0.2) is 4.39 Å². The molecule has 1 unspecified atom stereocenters. The zero-order valence-electron chi connectivity index (χ0n) is 14.3. The molecule has 1 N–H and O–H groups in total. The highest BCUT2D eigenvalue weighted by Gasteiger charge is 2.15. The smallest absolute Gasteiger partial charge is 0.123 e. The fourth-order valence-electron chi connectivity index (χ4n) is 3.21. The maximum absolute atomic E-state index is 13.4. The normalized spacial score (nSPS) is 12.6. The van der Waals surface area contributed by atoms with Crippen LogP contribution in [0.1, 0.15) is 81.0 Å². The second-order valence-electron chi connectivity index (χ2n) is 6.20. The first kappa shape index (κ1) is 18.2. The predicted octanol–water partition coefficient (Wildman–Crippen LogP) is 5.84. The van der Waals surface area contributed by atoms with E-state index in [-0.39, 0.29) is 5.82 Å². The molecule has 0 heterocycles. The molecule has 0 spiro atoms. The van der Waals surface area contributed by atoms with Gasteiger partial charge in [-0.15, -0.1) is 0 Å². The first-order chi connectivity index (χ1) is 10.1. The number of aryl methyl sites for hydroxylation is 2. The lowest BCUT2D eigenvalue weighted by Crippen LogP contribution is -2.18. The van der Waals surface area contributed by atoms with Gasteiger partial charge in [0.2, 0.25) is 0 Å². The number of hydrogen-bond donors (Lipinski definition) is 1. The van der Waals surface area contributed by atoms with Crippen LogP contribution in [-0.2, 0) is 0 Å². The molecule has 0 saturated carbocycles. The van der Waals surface area contributed by atoms with Gasteiger partial charge in [-0.2, -0.15) is 0 Å². The van der Waals surface area contributed by atoms with Crippen molar-refractivity contribution in [1.29, 1.82) is 0 Å². The average Bonchev–Trinajstić information content (AvgIpc) is 2.43. The van der Waals surface area contributed by atoms with E-state index in [0.29, 0.717) is 6.04 Å². The van der Waals surface area contributed by atoms with Crippen LogP contribution in [0.5, 0.6) is 0 Å². The molecule has 0 fully saturated rings. The van der Waals surface area contributed by atoms with E-state index in [1.54, 1.807) is 12.1 Å². The van der Waals surface area contributed by atoms with E-state index in [4.69, 9.17) is 0 Å². The van der Waals surface area contributed by atoms with E-state index < -0.39 is 0 Å². The minimum absolute atomic E-state index is 0.125. The van der Waals surface area contributed by atoms with Crippen molar-refractivity contribution in [3.8, 4) is 0 Å². The Morgan fingerprint density at radius 1 is 0.952 bits per heavy atom. The van der Waals surface area contributed by atoms with Crippen LogP contribution in [0.15, 0.2) is 12.1 Å². The Bertz CT molecular complexity index is 391. The van der Waals surface area contributed by atoms with Crippen molar-refractivity contribution in [2.75, 3.05) is 7.05 Å². The molecule has 0 bridgehead atoms. The summed E-state index contributed by atoms with van der Waals surface area (Å²) in [4.78, 5) is 0. The Kier molecular flexibility index (Phi) is 8.60. The third kappa shape index (κ3) is 6.17. The van der Waals surface area contributed by atoms with Crippen LogP contribution in [0.2, 0.25) is 0 Å². The van der Waals surface area contributed by atoms with Gasteiger partial charge in [0.25, 0.3) is 0 Å². The zero-order valence-corrected chi connectivity index (χ0v) is 14.3. The van der Waals surface area contributed by atoms with Crippen LogP contribution in [0.4, 0.5) is 4.39 Å². The summed E-state index contributed by atoms with van der Waals surface area (Å²) in [5, 5.41) is 3.41. The van der Waals surface area contributed by atoms with E-state index in [1.807, 2.05) is 20.9 Å². The van der Waals surface area contributed by atoms with Gasteiger partial charge in [0.1, 0.15) is 5.82 Å². The van der Waals surface area contributed by atoms with Crippen LogP contribution < -0.4 is 5.32 Å². The topological polar surface area (TPSA) is 12.0 Å². The number of benzene rings is 1. The van der Waals surface area contributed by atoms with E-state index in [2.05, 4.69) is 12.2 Å². The highest BCUT2D eigenvalue weighted by Crippen LogP contribution is 2.27. The first-order valence-corrected chi connectivity index (χ1v) is 8.54. The van der Waals surface area contributed by atoms with Crippen molar-refractivity contribution < 1.29 is 4.39 Å². The number of rotatable bonds is 10. The fraction of sp³-hybridized carbons (Fsp3) is 0.684. The summed E-state index contributed by atoms with van der Waals surface area (Å²) in [6, 6.07) is 3.65. The first-order valence-electron chi connectivity index (χ1n) is 8.54. The van der Waals surface area contributed by atoms with Gasteiger partial charge in [-0.1, -0.05) is 51.9 Å². The van der Waals surface area contributed by atoms with E-state index in [1.165, 1.54) is 50.5 Å². The lowest BCUT2D eigenvalue weighted by atomic mass is 9.92. The Balaban J connectivity index is 2.45. The van der Waals surface area contributed by atoms with Crippen molar-refractivity contribution in [2.45, 2.75) is 78.2 Å². The molecule has 0 amide bonds. The monoisotopic (exact) mass is 293 g/mol. The molecule has 1 nitrogen and oxygen atoms in total. The summed E-state index contributed by atoms with van der Waals surface area (Å²) in [7, 11) is 2.01. The second-order valence-corrected chi connectivity index (χ2v) is 6.20. The minimum Gasteiger partial charge on any atom is -0.313 e. The maximum atomic E-state index is 13.4. The van der Waals surface area contributed by atoms with Crippen molar-refractivity contribution in [3.05, 3.63) is 34.6 Å². The lowest BCUT2D eigenvalue weighted by Gasteiger charge is -2.21. The number of unbranched alkanes of at least 4 members (excludes halogenated alkanes) is 6. The van der Waals surface area contributed by atoms with E-state index in [0.717, 1.165) is 17.5 Å². The Labute approximate surface area is 130 Å². The molecule has 0 radical (unpaired) electrons. The molecule has 0 aliphatic heterocycles. The Morgan fingerprint density at radius 3 is 2.00 bits per heavy atom. The fourth-order valence-corrected chi connectivity index (χ4v) is 3.21. The van der Waals surface area contributed by atoms with Crippen LogP contribution in [-0.4, -0.2) is 7.05 Å². The van der Waals surface area contributed by atoms with Crippen LogP contribution in [0, 0.1) is 19.7 Å². The lowest BCUT2D eigenvalue weighted by molar-refractivity contribution is 0.491. The van der Waals surface area contributed by atoms with Gasteiger partial charge < -0.3 is 5.32 Å². The van der Waals surface area contributed by atoms with Crippen molar-refractivity contribution in [2.24, 2.45) is 0 Å². The van der Waals surface area contributed by atoms with Gasteiger partial charge in [0.05, 0.1) is 0 Å². The third-order valence-electron chi connectivity index (χ3n) is 4.35. The summed E-state index contributed by atoms with van der Waals surface area (Å²) < 4.78 is 13.4. The maximum Gasteiger partial charge on any atom is 0.123 e. The molecular formula is C19H32FN. The van der Waals surface area contributed by atoms with Gasteiger partial charge in [0.15, 0.2) is 0 Å². The molecule has 2 heteroatoms. The van der Waals surface area contributed by atoms with E-state index >= 15 is 0 Å². The molecule has 1 aromatic rings. The van der Waals surface area contributed by atoms with Crippen LogP contribution >= 0.6 is 0 Å². The Hall–Kier alpha value is -0.890. The summed E-state index contributed by atoms with van der Waals surface area (Å²) >= 11 is 0. The number of hydrogen-bond acceptors (Lipinski definition) is 1. The van der Waals surface area contributed by atoms with Gasteiger partial charge >= 0.3 is 0 Å². The largest absolute Gasteiger partial charge is 0.313 e. The summed E-state index contributed by atoms with van der Waals surface area (Å²) in [5.74, 6) is -0.125. The molecule has 0 aromatic heterocycles. The number of nitrogens with one attached hydrogen (secondary N) is 1. The molecule has 0 aliphatic rings. The van der Waals surface area contributed by atoms with Crippen molar-refractivity contribution in [3.63, 3.8) is 0 Å². The third-order valence-corrected chi connectivity index (χ3v) is 4.35. The summed E-state index contributed by atoms with van der Waals surface area (Å²) in [6.45, 7) is 6.28.